The molecule has 0 heterocycles. The zero-order valence-electron chi connectivity index (χ0n) is 9.88. The number of nitrogens with one attached hydrogen (secondary N) is 1. The maximum Gasteiger partial charge on any atom is 0.220 e. The number of aliphatic hydroxyl groups is 1. The highest BCUT2D eigenvalue weighted by molar-refractivity contribution is 5.75. The number of nitrogens with two attached hydrogens (primary N) is 1. The van der Waals surface area contributed by atoms with Crippen molar-refractivity contribution in [3.05, 3.63) is 0 Å². The molecule has 0 aromatic carbocycles. The molecule has 0 bridgehead atoms. The van der Waals surface area contributed by atoms with Gasteiger partial charge in [-0.05, 0) is 31.2 Å². The lowest BCUT2D eigenvalue weighted by Crippen LogP contribution is -2.34. The number of hydrogen-bond acceptors (Lipinski definition) is 3. The van der Waals surface area contributed by atoms with Crippen LogP contribution in [0.4, 0.5) is 0 Å². The second-order valence-corrected chi connectivity index (χ2v) is 4.66. The summed E-state index contributed by atoms with van der Waals surface area (Å²) in [4.78, 5) is 11.3. The van der Waals surface area contributed by atoms with Crippen LogP contribution in [0.25, 0.3) is 0 Å². The monoisotopic (exact) mass is 216 g/mol. The number of amides is 1. The van der Waals surface area contributed by atoms with Crippen LogP contribution in [0, 0.1) is 5.41 Å². The zero-order chi connectivity index (χ0) is 11.7. The van der Waals surface area contributed by atoms with Crippen LogP contribution in [0.1, 0.15) is 39.5 Å². The maximum atomic E-state index is 11.3. The minimum atomic E-state index is 0.0567. The van der Waals surface area contributed by atoms with Crippen molar-refractivity contribution < 1.29 is 9.90 Å². The lowest BCUT2D eigenvalue weighted by Gasteiger charge is -2.24. The van der Waals surface area contributed by atoms with Crippen LogP contribution in [0.5, 0.6) is 0 Å². The predicted octanol–water partition coefficient (Wildman–Crippen LogP) is 0.640. The van der Waals surface area contributed by atoms with Crippen LogP contribution in [-0.2, 0) is 4.79 Å². The van der Waals surface area contributed by atoms with Crippen LogP contribution in [0.2, 0.25) is 0 Å². The summed E-state index contributed by atoms with van der Waals surface area (Å²) in [6, 6.07) is 0. The predicted molar refractivity (Wildman–Crippen MR) is 61.4 cm³/mol. The summed E-state index contributed by atoms with van der Waals surface area (Å²) < 4.78 is 0. The van der Waals surface area contributed by atoms with Crippen molar-refractivity contribution in [1.29, 1.82) is 0 Å². The quantitative estimate of drug-likeness (QED) is 0.557. The molecular formula is C11H24N2O2. The standard InChI is InChI=1S/C11H24N2O2/c1-11(2,6-4-8-14)9-13-10(15)5-3-7-12/h14H,3-9,12H2,1-2H3,(H,13,15). The molecule has 0 rings (SSSR count). The van der Waals surface area contributed by atoms with Gasteiger partial charge in [-0.25, -0.2) is 0 Å². The minimum Gasteiger partial charge on any atom is -0.396 e. The van der Waals surface area contributed by atoms with Crippen molar-refractivity contribution >= 4 is 5.91 Å². The molecule has 4 N–H and O–H groups in total. The van der Waals surface area contributed by atoms with Crippen LogP contribution in [-0.4, -0.2) is 30.7 Å². The van der Waals surface area contributed by atoms with Crippen molar-refractivity contribution in [1.82, 2.24) is 5.32 Å². The first-order valence-electron chi connectivity index (χ1n) is 5.59. The van der Waals surface area contributed by atoms with E-state index < -0.39 is 0 Å². The Morgan fingerprint density at radius 2 is 2.07 bits per heavy atom. The highest BCUT2D eigenvalue weighted by atomic mass is 16.2. The second kappa shape index (κ2) is 7.65. The minimum absolute atomic E-state index is 0.0567. The van der Waals surface area contributed by atoms with E-state index in [-0.39, 0.29) is 17.9 Å². The largest absolute Gasteiger partial charge is 0.396 e. The summed E-state index contributed by atoms with van der Waals surface area (Å²) >= 11 is 0. The van der Waals surface area contributed by atoms with E-state index in [9.17, 15) is 4.79 Å². The smallest absolute Gasteiger partial charge is 0.220 e. The molecule has 15 heavy (non-hydrogen) atoms. The van der Waals surface area contributed by atoms with E-state index in [2.05, 4.69) is 19.2 Å². The van der Waals surface area contributed by atoms with Gasteiger partial charge in [-0.2, -0.15) is 0 Å². The lowest BCUT2D eigenvalue weighted by molar-refractivity contribution is -0.121. The average Bonchev–Trinajstić information content (AvgIpc) is 2.21. The molecular weight excluding hydrogens is 192 g/mol. The molecule has 0 aliphatic rings. The van der Waals surface area contributed by atoms with E-state index in [0.29, 0.717) is 19.5 Å². The molecule has 90 valence electrons. The van der Waals surface area contributed by atoms with Gasteiger partial charge in [-0.15, -0.1) is 0 Å². The molecule has 4 nitrogen and oxygen atoms in total. The zero-order valence-corrected chi connectivity index (χ0v) is 9.88. The molecule has 0 atom stereocenters. The first-order chi connectivity index (χ1) is 7.02. The van der Waals surface area contributed by atoms with E-state index in [1.165, 1.54) is 0 Å². The van der Waals surface area contributed by atoms with Gasteiger partial charge in [0.25, 0.3) is 0 Å². The number of carbonyl (C=O) groups excluding carboxylic acids is 1. The third-order valence-corrected chi connectivity index (χ3v) is 2.38. The molecule has 0 saturated heterocycles. The van der Waals surface area contributed by atoms with Gasteiger partial charge in [0, 0.05) is 19.6 Å². The Morgan fingerprint density at radius 3 is 2.60 bits per heavy atom. The Balaban J connectivity index is 3.67. The highest BCUT2D eigenvalue weighted by Gasteiger charge is 2.17. The molecule has 0 aliphatic carbocycles. The fourth-order valence-corrected chi connectivity index (χ4v) is 1.33. The molecule has 0 unspecified atom stereocenters. The fraction of sp³-hybridized carbons (Fsp3) is 0.909. The normalized spacial score (nSPS) is 11.5. The van der Waals surface area contributed by atoms with Gasteiger partial charge in [-0.3, -0.25) is 4.79 Å². The fourth-order valence-electron chi connectivity index (χ4n) is 1.33. The summed E-state index contributed by atoms with van der Waals surface area (Å²) in [6.45, 7) is 5.61. The van der Waals surface area contributed by atoms with Gasteiger partial charge in [0.2, 0.25) is 5.91 Å². The Morgan fingerprint density at radius 1 is 1.40 bits per heavy atom. The average molecular weight is 216 g/mol. The third kappa shape index (κ3) is 8.39. The molecule has 0 saturated carbocycles. The Bertz CT molecular complexity index is 181. The molecule has 4 heteroatoms. The number of carbonyl (C=O) groups is 1. The van der Waals surface area contributed by atoms with E-state index in [4.69, 9.17) is 10.8 Å². The van der Waals surface area contributed by atoms with Gasteiger partial charge in [0.1, 0.15) is 0 Å². The van der Waals surface area contributed by atoms with Crippen LogP contribution < -0.4 is 11.1 Å². The molecule has 0 aromatic heterocycles. The van der Waals surface area contributed by atoms with Crippen LogP contribution in [0.3, 0.4) is 0 Å². The van der Waals surface area contributed by atoms with Gasteiger partial charge in [0.15, 0.2) is 0 Å². The third-order valence-electron chi connectivity index (χ3n) is 2.38. The summed E-state index contributed by atoms with van der Waals surface area (Å²) in [5, 5.41) is 11.6. The topological polar surface area (TPSA) is 75.3 Å². The van der Waals surface area contributed by atoms with Crippen molar-refractivity contribution in [3.8, 4) is 0 Å². The first kappa shape index (κ1) is 14.4. The van der Waals surface area contributed by atoms with Crippen molar-refractivity contribution in [2.75, 3.05) is 19.7 Å². The summed E-state index contributed by atoms with van der Waals surface area (Å²) in [6.07, 6.45) is 2.95. The van der Waals surface area contributed by atoms with E-state index in [0.717, 1.165) is 19.3 Å². The number of hydrogen-bond donors (Lipinski definition) is 3. The van der Waals surface area contributed by atoms with Crippen molar-refractivity contribution in [3.63, 3.8) is 0 Å². The number of rotatable bonds is 8. The molecule has 0 fully saturated rings. The van der Waals surface area contributed by atoms with Gasteiger partial charge in [-0.1, -0.05) is 13.8 Å². The van der Waals surface area contributed by atoms with Gasteiger partial charge < -0.3 is 16.2 Å². The Kier molecular flexibility index (Phi) is 7.34. The SMILES string of the molecule is CC(C)(CCCO)CNC(=O)CCCN. The molecule has 1 amide bonds. The van der Waals surface area contributed by atoms with Gasteiger partial charge in [0.05, 0.1) is 0 Å². The van der Waals surface area contributed by atoms with Crippen LogP contribution >= 0.6 is 0 Å². The number of aliphatic hydroxyl groups excluding tert-OH is 1. The van der Waals surface area contributed by atoms with Crippen molar-refractivity contribution in [2.45, 2.75) is 39.5 Å². The van der Waals surface area contributed by atoms with Gasteiger partial charge >= 0.3 is 0 Å². The Labute approximate surface area is 92.2 Å². The van der Waals surface area contributed by atoms with Crippen molar-refractivity contribution in [2.24, 2.45) is 11.1 Å². The van der Waals surface area contributed by atoms with E-state index in [1.807, 2.05) is 0 Å². The molecule has 0 radical (unpaired) electrons. The molecule has 0 aliphatic heterocycles. The Hall–Kier alpha value is -0.610. The lowest BCUT2D eigenvalue weighted by atomic mass is 9.88. The van der Waals surface area contributed by atoms with E-state index >= 15 is 0 Å². The summed E-state index contributed by atoms with van der Waals surface area (Å²) in [5.74, 6) is 0.0672. The highest BCUT2D eigenvalue weighted by Crippen LogP contribution is 2.20. The molecule has 0 spiro atoms. The summed E-state index contributed by atoms with van der Waals surface area (Å²) in [5.41, 5.74) is 5.37. The van der Waals surface area contributed by atoms with E-state index in [1.54, 1.807) is 0 Å². The molecule has 0 aromatic rings. The van der Waals surface area contributed by atoms with Crippen LogP contribution in [0.15, 0.2) is 0 Å². The second-order valence-electron chi connectivity index (χ2n) is 4.66. The summed E-state index contributed by atoms with van der Waals surface area (Å²) in [7, 11) is 0. The maximum absolute atomic E-state index is 11.3. The first-order valence-corrected chi connectivity index (χ1v) is 5.59.